The summed E-state index contributed by atoms with van der Waals surface area (Å²) in [6.45, 7) is 0. The van der Waals surface area contributed by atoms with Gasteiger partial charge in [0.1, 0.15) is 6.04 Å². The number of carboxylic acids is 1. The maximum atomic E-state index is 10.3. The number of nitrogens with one attached hydrogen (secondary N) is 1. The van der Waals surface area contributed by atoms with Crippen molar-refractivity contribution < 1.29 is 14.7 Å². The van der Waals surface area contributed by atoms with E-state index in [1.54, 1.807) is 11.8 Å². The molecule has 0 aromatic rings. The molecular weight excluding hydrogens is 166 g/mol. The summed E-state index contributed by atoms with van der Waals surface area (Å²) in [5, 5.41) is 10.6. The molecule has 0 aromatic carbocycles. The molecule has 1 radical (unpaired) electrons. The number of carbonyl (C=O) groups excluding carboxylic acids is 1. The van der Waals surface area contributed by atoms with E-state index in [9.17, 15) is 9.59 Å². The first-order chi connectivity index (χ1) is 5.22. The van der Waals surface area contributed by atoms with Crippen LogP contribution in [-0.4, -0.2) is 35.5 Å². The zero-order chi connectivity index (χ0) is 8.69. The van der Waals surface area contributed by atoms with Gasteiger partial charge >= 0.3 is 12.4 Å². The maximum absolute atomic E-state index is 10.3. The van der Waals surface area contributed by atoms with E-state index in [2.05, 4.69) is 5.32 Å². The molecule has 0 spiro atoms. The Hall–Kier alpha value is -0.710. The zero-order valence-electron chi connectivity index (χ0n) is 6.16. The molecule has 1 amide bonds. The van der Waals surface area contributed by atoms with Crippen molar-refractivity contribution in [3.05, 3.63) is 0 Å². The van der Waals surface area contributed by atoms with Gasteiger partial charge in [0, 0.05) is 0 Å². The molecule has 1 atom stereocenters. The van der Waals surface area contributed by atoms with Crippen LogP contribution in [0.25, 0.3) is 0 Å². The molecule has 5 heteroatoms. The van der Waals surface area contributed by atoms with Gasteiger partial charge in [0.15, 0.2) is 0 Å². The standard InChI is InChI=1S/C6H10NO3S/c1-11-3-2-5(6(9)10)7-4-8/h5H,2-3H2,1H3,(H,7,8)(H,9,10)/t5-/m0/s1. The molecule has 0 saturated heterocycles. The smallest absolute Gasteiger partial charge is 0.326 e. The first kappa shape index (κ1) is 10.3. The lowest BCUT2D eigenvalue weighted by Gasteiger charge is -2.08. The average Bonchev–Trinajstić information content (AvgIpc) is 1.97. The Morgan fingerprint density at radius 1 is 1.82 bits per heavy atom. The molecule has 0 unspecified atom stereocenters. The second kappa shape index (κ2) is 6.03. The second-order valence-corrected chi connectivity index (χ2v) is 2.90. The Morgan fingerprint density at radius 3 is 2.82 bits per heavy atom. The lowest BCUT2D eigenvalue weighted by Crippen LogP contribution is -2.36. The van der Waals surface area contributed by atoms with Crippen molar-refractivity contribution in [2.75, 3.05) is 12.0 Å². The molecule has 0 fully saturated rings. The van der Waals surface area contributed by atoms with E-state index >= 15 is 0 Å². The summed E-state index contributed by atoms with van der Waals surface area (Å²) >= 11 is 1.54. The van der Waals surface area contributed by atoms with Gasteiger partial charge in [-0.3, -0.25) is 4.79 Å². The second-order valence-electron chi connectivity index (χ2n) is 1.92. The maximum Gasteiger partial charge on any atom is 0.326 e. The molecule has 0 bridgehead atoms. The Morgan fingerprint density at radius 2 is 2.45 bits per heavy atom. The van der Waals surface area contributed by atoms with Gasteiger partial charge in [-0.25, -0.2) is 4.79 Å². The molecule has 0 aliphatic heterocycles. The highest BCUT2D eigenvalue weighted by atomic mass is 32.2. The van der Waals surface area contributed by atoms with Crippen molar-refractivity contribution in [1.29, 1.82) is 0 Å². The molecule has 0 aliphatic rings. The number of thioether (sulfide) groups is 1. The number of rotatable bonds is 6. The van der Waals surface area contributed by atoms with Crippen LogP contribution in [0.1, 0.15) is 6.42 Å². The fourth-order valence-corrected chi connectivity index (χ4v) is 1.04. The third-order valence-corrected chi connectivity index (χ3v) is 1.79. The first-order valence-electron chi connectivity index (χ1n) is 3.06. The predicted molar refractivity (Wildman–Crippen MR) is 43.3 cm³/mol. The molecule has 0 saturated carbocycles. The quantitative estimate of drug-likeness (QED) is 0.552. The van der Waals surface area contributed by atoms with Crippen LogP contribution in [0, 0.1) is 0 Å². The van der Waals surface area contributed by atoms with Crippen molar-refractivity contribution >= 4 is 24.1 Å². The fraction of sp³-hybridized carbons (Fsp3) is 0.667. The van der Waals surface area contributed by atoms with Crippen LogP contribution >= 0.6 is 11.8 Å². The number of hydrogen-bond donors (Lipinski definition) is 2. The highest BCUT2D eigenvalue weighted by Crippen LogP contribution is 1.99. The fourth-order valence-electron chi connectivity index (χ4n) is 0.564. The van der Waals surface area contributed by atoms with Gasteiger partial charge in [-0.15, -0.1) is 0 Å². The average molecular weight is 176 g/mol. The largest absolute Gasteiger partial charge is 0.480 e. The number of carbonyl (C=O) groups is 1. The highest BCUT2D eigenvalue weighted by Gasteiger charge is 2.14. The van der Waals surface area contributed by atoms with Gasteiger partial charge in [0.25, 0.3) is 0 Å². The third-order valence-electron chi connectivity index (χ3n) is 1.14. The van der Waals surface area contributed by atoms with Crippen molar-refractivity contribution in [1.82, 2.24) is 5.32 Å². The normalized spacial score (nSPS) is 12.1. The molecule has 2 N–H and O–H groups in total. The SMILES string of the molecule is CSCC[C@H](N[C]=O)C(=O)O. The monoisotopic (exact) mass is 176 g/mol. The van der Waals surface area contributed by atoms with Crippen LogP contribution in [0.2, 0.25) is 0 Å². The van der Waals surface area contributed by atoms with E-state index in [4.69, 9.17) is 5.11 Å². The van der Waals surface area contributed by atoms with Gasteiger partial charge in [-0.05, 0) is 18.4 Å². The Bertz CT molecular complexity index is 140. The van der Waals surface area contributed by atoms with Gasteiger partial charge in [0.2, 0.25) is 0 Å². The summed E-state index contributed by atoms with van der Waals surface area (Å²) in [4.78, 5) is 20.1. The van der Waals surface area contributed by atoms with E-state index in [-0.39, 0.29) is 0 Å². The molecule has 0 heterocycles. The van der Waals surface area contributed by atoms with E-state index < -0.39 is 12.0 Å². The Labute approximate surface area is 69.4 Å². The summed E-state index contributed by atoms with van der Waals surface area (Å²) in [7, 11) is 0. The van der Waals surface area contributed by atoms with E-state index in [0.29, 0.717) is 12.2 Å². The lowest BCUT2D eigenvalue weighted by atomic mass is 10.2. The number of carboxylic acid groups (broad SMARTS) is 1. The molecule has 4 nitrogen and oxygen atoms in total. The van der Waals surface area contributed by atoms with Crippen LogP contribution in [0.15, 0.2) is 0 Å². The van der Waals surface area contributed by atoms with Gasteiger partial charge < -0.3 is 10.4 Å². The Balaban J connectivity index is 3.69. The summed E-state index contributed by atoms with van der Waals surface area (Å²) < 4.78 is 0. The molecule has 63 valence electrons. The van der Waals surface area contributed by atoms with Gasteiger partial charge in [-0.2, -0.15) is 11.8 Å². The summed E-state index contributed by atoms with van der Waals surface area (Å²) in [6.07, 6.45) is 3.68. The molecule has 11 heavy (non-hydrogen) atoms. The van der Waals surface area contributed by atoms with E-state index in [1.807, 2.05) is 6.26 Å². The number of hydrogen-bond acceptors (Lipinski definition) is 3. The first-order valence-corrected chi connectivity index (χ1v) is 4.46. The van der Waals surface area contributed by atoms with Crippen molar-refractivity contribution in [3.63, 3.8) is 0 Å². The Kier molecular flexibility index (Phi) is 5.64. The minimum Gasteiger partial charge on any atom is -0.480 e. The zero-order valence-corrected chi connectivity index (χ0v) is 6.98. The van der Waals surface area contributed by atoms with Crippen molar-refractivity contribution in [3.8, 4) is 0 Å². The lowest BCUT2D eigenvalue weighted by molar-refractivity contribution is -0.139. The van der Waals surface area contributed by atoms with Gasteiger partial charge in [-0.1, -0.05) is 0 Å². The highest BCUT2D eigenvalue weighted by molar-refractivity contribution is 7.98. The minimum atomic E-state index is -1.01. The predicted octanol–water partition coefficient (Wildman–Crippen LogP) is -0.151. The number of amides is 1. The van der Waals surface area contributed by atoms with Crippen LogP contribution in [0.5, 0.6) is 0 Å². The summed E-state index contributed by atoms with van der Waals surface area (Å²) in [5.74, 6) is -0.298. The topological polar surface area (TPSA) is 66.4 Å². The van der Waals surface area contributed by atoms with Crippen molar-refractivity contribution in [2.45, 2.75) is 12.5 Å². The summed E-state index contributed by atoms with van der Waals surface area (Å²) in [5.41, 5.74) is 0. The van der Waals surface area contributed by atoms with Crippen LogP contribution < -0.4 is 5.32 Å². The van der Waals surface area contributed by atoms with Gasteiger partial charge in [0.05, 0.1) is 0 Å². The van der Waals surface area contributed by atoms with Crippen molar-refractivity contribution in [2.24, 2.45) is 0 Å². The minimum absolute atomic E-state index is 0.436. The van der Waals surface area contributed by atoms with E-state index in [0.717, 1.165) is 0 Å². The van der Waals surface area contributed by atoms with Crippen LogP contribution in [-0.2, 0) is 9.59 Å². The summed E-state index contributed by atoms with van der Waals surface area (Å²) in [6, 6.07) is -0.792. The van der Waals surface area contributed by atoms with E-state index in [1.165, 1.54) is 6.41 Å². The van der Waals surface area contributed by atoms with Crippen LogP contribution in [0.4, 0.5) is 0 Å². The number of aliphatic carboxylic acids is 1. The molecule has 0 aromatic heterocycles. The molecular formula is C6H10NO3S. The molecule has 0 aliphatic carbocycles. The molecule has 0 rings (SSSR count). The third kappa shape index (κ3) is 4.66. The van der Waals surface area contributed by atoms with Crippen LogP contribution in [0.3, 0.4) is 0 Å².